The summed E-state index contributed by atoms with van der Waals surface area (Å²) < 4.78 is 2.19. The predicted octanol–water partition coefficient (Wildman–Crippen LogP) is 6.22. The third-order valence-electron chi connectivity index (χ3n) is 5.81. The smallest absolute Gasteiger partial charge is 0.256 e. The molecule has 0 aliphatic heterocycles. The van der Waals surface area contributed by atoms with Gasteiger partial charge in [-0.05, 0) is 49.3 Å². The molecule has 0 radical (unpaired) electrons. The SMILES string of the molecule is C=CC1=C(C=C)CC=CC(C(=O)Nc2cc(CCCC)n(C3CCCCC3)n2)=C1. The molecule has 0 saturated heterocycles. The lowest BCUT2D eigenvalue weighted by atomic mass is 9.95. The summed E-state index contributed by atoms with van der Waals surface area (Å²) >= 11 is 0. The number of allylic oxidation sites excluding steroid dienone is 6. The second kappa shape index (κ2) is 10.2. The lowest BCUT2D eigenvalue weighted by molar-refractivity contribution is -0.112. The van der Waals surface area contributed by atoms with Crippen molar-refractivity contribution in [3.8, 4) is 0 Å². The first-order valence-electron chi connectivity index (χ1n) is 10.9. The number of hydrogen-bond acceptors (Lipinski definition) is 2. The van der Waals surface area contributed by atoms with Crippen LogP contribution in [0.15, 0.2) is 66.3 Å². The van der Waals surface area contributed by atoms with E-state index in [1.165, 1.54) is 37.8 Å². The number of nitrogens with one attached hydrogen (secondary N) is 1. The first kappa shape index (κ1) is 21.1. The maximum Gasteiger partial charge on any atom is 0.256 e. The minimum Gasteiger partial charge on any atom is -0.305 e. The van der Waals surface area contributed by atoms with Crippen molar-refractivity contribution in [3.63, 3.8) is 0 Å². The lowest BCUT2D eigenvalue weighted by Gasteiger charge is -2.24. The van der Waals surface area contributed by atoms with E-state index in [1.807, 2.05) is 24.3 Å². The molecular formula is C25H33N3O. The van der Waals surface area contributed by atoms with Crippen molar-refractivity contribution in [3.05, 3.63) is 72.0 Å². The van der Waals surface area contributed by atoms with Gasteiger partial charge in [0.05, 0.1) is 6.04 Å². The summed E-state index contributed by atoms with van der Waals surface area (Å²) in [6.07, 6.45) is 19.6. The highest BCUT2D eigenvalue weighted by atomic mass is 16.1. The van der Waals surface area contributed by atoms with Crippen molar-refractivity contribution < 1.29 is 4.79 Å². The zero-order chi connectivity index (χ0) is 20.6. The van der Waals surface area contributed by atoms with Crippen LogP contribution in [0.5, 0.6) is 0 Å². The number of unbranched alkanes of at least 4 members (excludes halogenated alkanes) is 1. The molecule has 2 aliphatic rings. The molecule has 29 heavy (non-hydrogen) atoms. The molecule has 0 aromatic carbocycles. The van der Waals surface area contributed by atoms with Gasteiger partial charge >= 0.3 is 0 Å². The van der Waals surface area contributed by atoms with Crippen molar-refractivity contribution in [2.45, 2.75) is 70.8 Å². The maximum atomic E-state index is 12.9. The Bertz CT molecular complexity index is 847. The van der Waals surface area contributed by atoms with Gasteiger partial charge in [0.15, 0.2) is 5.82 Å². The molecule has 0 spiro atoms. The highest BCUT2D eigenvalue weighted by Crippen LogP contribution is 2.30. The zero-order valence-electron chi connectivity index (χ0n) is 17.6. The van der Waals surface area contributed by atoms with Gasteiger partial charge in [-0.25, -0.2) is 0 Å². The van der Waals surface area contributed by atoms with Crippen LogP contribution in [0.3, 0.4) is 0 Å². The Labute approximate surface area is 174 Å². The fourth-order valence-corrected chi connectivity index (χ4v) is 4.14. The van der Waals surface area contributed by atoms with Gasteiger partial charge in [-0.3, -0.25) is 9.48 Å². The number of nitrogens with zero attached hydrogens (tertiary/aromatic N) is 2. The Kier molecular flexibility index (Phi) is 7.45. The Morgan fingerprint density at radius 2 is 2.07 bits per heavy atom. The van der Waals surface area contributed by atoms with Crippen LogP contribution in [0.4, 0.5) is 5.82 Å². The summed E-state index contributed by atoms with van der Waals surface area (Å²) in [6.45, 7) is 9.94. The van der Waals surface area contributed by atoms with E-state index in [0.717, 1.165) is 36.8 Å². The van der Waals surface area contributed by atoms with Gasteiger partial charge in [-0.2, -0.15) is 5.10 Å². The van der Waals surface area contributed by atoms with Gasteiger partial charge in [-0.1, -0.05) is 70.1 Å². The number of hydrogen-bond donors (Lipinski definition) is 1. The number of amides is 1. The van der Waals surface area contributed by atoms with Gasteiger partial charge in [0.2, 0.25) is 0 Å². The number of anilines is 1. The minimum absolute atomic E-state index is 0.138. The van der Waals surface area contributed by atoms with Crippen LogP contribution < -0.4 is 5.32 Å². The average Bonchev–Trinajstić information content (AvgIpc) is 3.02. The average molecular weight is 392 g/mol. The molecule has 1 aromatic rings. The van der Waals surface area contributed by atoms with Crippen LogP contribution >= 0.6 is 0 Å². The minimum atomic E-state index is -0.138. The largest absolute Gasteiger partial charge is 0.305 e. The van der Waals surface area contributed by atoms with Crippen molar-refractivity contribution in [1.82, 2.24) is 9.78 Å². The van der Waals surface area contributed by atoms with Crippen LogP contribution in [-0.4, -0.2) is 15.7 Å². The number of aromatic nitrogens is 2. The fraction of sp³-hybridized carbons (Fsp3) is 0.440. The van der Waals surface area contributed by atoms with E-state index in [1.54, 1.807) is 6.08 Å². The zero-order valence-corrected chi connectivity index (χ0v) is 17.6. The molecule has 0 atom stereocenters. The molecule has 2 aliphatic carbocycles. The number of carbonyl (C=O) groups is 1. The van der Waals surface area contributed by atoms with Crippen LogP contribution in [0.1, 0.15) is 70.0 Å². The van der Waals surface area contributed by atoms with Crippen LogP contribution in [0.2, 0.25) is 0 Å². The highest BCUT2D eigenvalue weighted by molar-refractivity contribution is 6.05. The van der Waals surface area contributed by atoms with E-state index in [0.29, 0.717) is 17.4 Å². The second-order valence-electron chi connectivity index (χ2n) is 7.91. The summed E-state index contributed by atoms with van der Waals surface area (Å²) in [5, 5.41) is 7.82. The normalized spacial score (nSPS) is 17.6. The Balaban J connectivity index is 1.81. The quantitative estimate of drug-likeness (QED) is 0.571. The molecule has 154 valence electrons. The molecule has 1 amide bonds. The topological polar surface area (TPSA) is 46.9 Å². The Morgan fingerprint density at radius 3 is 2.76 bits per heavy atom. The highest BCUT2D eigenvalue weighted by Gasteiger charge is 2.21. The Hall–Kier alpha value is -2.62. The van der Waals surface area contributed by atoms with Crippen molar-refractivity contribution in [2.24, 2.45) is 0 Å². The third-order valence-corrected chi connectivity index (χ3v) is 5.81. The molecule has 4 heteroatoms. The molecule has 1 N–H and O–H groups in total. The number of carbonyl (C=O) groups excluding carboxylic acids is 1. The van der Waals surface area contributed by atoms with E-state index < -0.39 is 0 Å². The summed E-state index contributed by atoms with van der Waals surface area (Å²) in [5.41, 5.74) is 3.85. The standard InChI is InChI=1S/C25H33N3O/c1-4-7-14-23-18-24(27-28(23)22-15-9-8-10-16-22)26-25(29)21-13-11-12-19(5-2)20(6-3)17-21/h5-6,11,13,17-18,22H,2-4,7-10,12,14-16H2,1H3,(H,26,27,29). The fourth-order valence-electron chi connectivity index (χ4n) is 4.14. The van der Waals surface area contributed by atoms with E-state index in [4.69, 9.17) is 5.10 Å². The summed E-state index contributed by atoms with van der Waals surface area (Å²) in [7, 11) is 0. The Morgan fingerprint density at radius 1 is 1.28 bits per heavy atom. The molecule has 3 rings (SSSR count). The molecule has 4 nitrogen and oxygen atoms in total. The molecule has 0 bridgehead atoms. The molecule has 1 aromatic heterocycles. The third kappa shape index (κ3) is 5.26. The van der Waals surface area contributed by atoms with Crippen molar-refractivity contribution >= 4 is 11.7 Å². The monoisotopic (exact) mass is 391 g/mol. The van der Waals surface area contributed by atoms with Crippen molar-refractivity contribution in [2.75, 3.05) is 5.32 Å². The molecule has 0 unspecified atom stereocenters. The van der Waals surface area contributed by atoms with Crippen LogP contribution in [0.25, 0.3) is 0 Å². The van der Waals surface area contributed by atoms with Gasteiger partial charge in [-0.15, -0.1) is 0 Å². The van der Waals surface area contributed by atoms with Crippen LogP contribution in [-0.2, 0) is 11.2 Å². The molecular weight excluding hydrogens is 358 g/mol. The molecule has 1 saturated carbocycles. The van der Waals surface area contributed by atoms with Gasteiger partial charge in [0, 0.05) is 17.3 Å². The van der Waals surface area contributed by atoms with Gasteiger partial charge < -0.3 is 5.32 Å². The summed E-state index contributed by atoms with van der Waals surface area (Å²) in [5.74, 6) is 0.513. The summed E-state index contributed by atoms with van der Waals surface area (Å²) in [4.78, 5) is 12.9. The van der Waals surface area contributed by atoms with Crippen LogP contribution in [0, 0.1) is 0 Å². The summed E-state index contributed by atoms with van der Waals surface area (Å²) in [6, 6.07) is 2.52. The lowest BCUT2D eigenvalue weighted by Crippen LogP contribution is -2.18. The van der Waals surface area contributed by atoms with E-state index in [2.05, 4.69) is 36.1 Å². The first-order valence-corrected chi connectivity index (χ1v) is 10.9. The van der Waals surface area contributed by atoms with Gasteiger partial charge in [0.1, 0.15) is 0 Å². The van der Waals surface area contributed by atoms with E-state index in [9.17, 15) is 4.79 Å². The van der Waals surface area contributed by atoms with E-state index in [-0.39, 0.29) is 5.91 Å². The van der Waals surface area contributed by atoms with Crippen molar-refractivity contribution in [1.29, 1.82) is 0 Å². The molecule has 1 heterocycles. The number of aryl methyl sites for hydroxylation is 1. The van der Waals surface area contributed by atoms with E-state index >= 15 is 0 Å². The predicted molar refractivity (Wildman–Crippen MR) is 121 cm³/mol. The first-order chi connectivity index (χ1) is 14.2. The second-order valence-corrected chi connectivity index (χ2v) is 7.91. The maximum absolute atomic E-state index is 12.9. The van der Waals surface area contributed by atoms with Gasteiger partial charge in [0.25, 0.3) is 5.91 Å². The number of rotatable bonds is 8. The molecule has 1 fully saturated rings.